The van der Waals surface area contributed by atoms with Gasteiger partial charge in [0.15, 0.2) is 0 Å². The maximum Gasteiger partial charge on any atom is 0.0768 e. The summed E-state index contributed by atoms with van der Waals surface area (Å²) >= 11 is 0. The molecule has 0 amide bonds. The van der Waals surface area contributed by atoms with Crippen molar-refractivity contribution in [1.82, 2.24) is 15.5 Å². The van der Waals surface area contributed by atoms with Crippen LogP contribution in [0.4, 0.5) is 0 Å². The fourth-order valence-corrected chi connectivity index (χ4v) is 1.19. The van der Waals surface area contributed by atoms with Crippen molar-refractivity contribution in [1.29, 1.82) is 0 Å². The Labute approximate surface area is 96.2 Å². The molecule has 1 aromatic rings. The number of nitrogens with zero attached hydrogens (tertiary/aromatic N) is 2. The normalized spacial score (nSPS) is 10.6. The Balaban J connectivity index is 1.89. The van der Waals surface area contributed by atoms with Gasteiger partial charge in [-0.25, -0.2) is 0 Å². The molecule has 1 heterocycles. The lowest BCUT2D eigenvalue weighted by molar-refractivity contribution is 0.0694. The standard InChI is InChI=1S/C11H19N3O2/c1-15-8-9-16-7-3-5-12-10-11-4-2-6-13-14-11/h2,4,6,12H,3,5,7-10H2,1H3. The van der Waals surface area contributed by atoms with Crippen molar-refractivity contribution in [2.24, 2.45) is 0 Å². The molecule has 0 unspecified atom stereocenters. The van der Waals surface area contributed by atoms with Crippen molar-refractivity contribution in [2.45, 2.75) is 13.0 Å². The van der Waals surface area contributed by atoms with Crippen LogP contribution < -0.4 is 5.32 Å². The summed E-state index contributed by atoms with van der Waals surface area (Å²) in [7, 11) is 1.67. The van der Waals surface area contributed by atoms with Gasteiger partial charge < -0.3 is 14.8 Å². The van der Waals surface area contributed by atoms with Gasteiger partial charge in [0.05, 0.1) is 18.9 Å². The predicted molar refractivity (Wildman–Crippen MR) is 61.1 cm³/mol. The van der Waals surface area contributed by atoms with E-state index in [2.05, 4.69) is 15.5 Å². The summed E-state index contributed by atoms with van der Waals surface area (Å²) in [6, 6.07) is 3.84. The number of hydrogen-bond donors (Lipinski definition) is 1. The maximum absolute atomic E-state index is 5.33. The van der Waals surface area contributed by atoms with Crippen LogP contribution in [-0.4, -0.2) is 43.7 Å². The second kappa shape index (κ2) is 9.21. The van der Waals surface area contributed by atoms with E-state index >= 15 is 0 Å². The van der Waals surface area contributed by atoms with E-state index in [9.17, 15) is 0 Å². The minimum Gasteiger partial charge on any atom is -0.382 e. The summed E-state index contributed by atoms with van der Waals surface area (Å²) in [5.74, 6) is 0. The van der Waals surface area contributed by atoms with Gasteiger partial charge in [0.1, 0.15) is 0 Å². The van der Waals surface area contributed by atoms with Crippen LogP contribution in [0.15, 0.2) is 18.3 Å². The molecular weight excluding hydrogens is 206 g/mol. The van der Waals surface area contributed by atoms with Crippen LogP contribution in [0.5, 0.6) is 0 Å². The Hall–Kier alpha value is -1.04. The average molecular weight is 225 g/mol. The van der Waals surface area contributed by atoms with Gasteiger partial charge in [0, 0.05) is 26.5 Å². The lowest BCUT2D eigenvalue weighted by Crippen LogP contribution is -2.17. The molecule has 0 radical (unpaired) electrons. The summed E-state index contributed by atoms with van der Waals surface area (Å²) in [6.45, 7) is 3.76. The number of methoxy groups -OCH3 is 1. The Morgan fingerprint density at radius 1 is 1.31 bits per heavy atom. The number of aromatic nitrogens is 2. The van der Waals surface area contributed by atoms with E-state index in [-0.39, 0.29) is 0 Å². The minimum absolute atomic E-state index is 0.660. The molecule has 1 rings (SSSR count). The smallest absolute Gasteiger partial charge is 0.0768 e. The Bertz CT molecular complexity index is 257. The number of rotatable bonds is 9. The number of nitrogens with one attached hydrogen (secondary N) is 1. The SMILES string of the molecule is COCCOCCCNCc1cccnn1. The molecule has 0 spiro atoms. The molecule has 0 saturated heterocycles. The zero-order chi connectivity index (χ0) is 11.5. The largest absolute Gasteiger partial charge is 0.382 e. The first-order valence-corrected chi connectivity index (χ1v) is 5.47. The van der Waals surface area contributed by atoms with Gasteiger partial charge >= 0.3 is 0 Å². The first kappa shape index (κ1) is 13.0. The second-order valence-corrected chi connectivity index (χ2v) is 3.35. The molecule has 0 aliphatic heterocycles. The van der Waals surface area contributed by atoms with Gasteiger partial charge in [0.2, 0.25) is 0 Å². The van der Waals surface area contributed by atoms with E-state index in [1.807, 2.05) is 12.1 Å². The van der Waals surface area contributed by atoms with Crippen molar-refractivity contribution in [3.63, 3.8) is 0 Å². The van der Waals surface area contributed by atoms with Gasteiger partial charge in [-0.05, 0) is 25.1 Å². The molecule has 0 aliphatic carbocycles. The summed E-state index contributed by atoms with van der Waals surface area (Å²) in [6.07, 6.45) is 2.66. The van der Waals surface area contributed by atoms with Gasteiger partial charge in [-0.2, -0.15) is 10.2 Å². The Morgan fingerprint density at radius 2 is 2.25 bits per heavy atom. The van der Waals surface area contributed by atoms with Crippen LogP contribution >= 0.6 is 0 Å². The third kappa shape index (κ3) is 6.44. The quantitative estimate of drug-likeness (QED) is 0.624. The Kier molecular flexibility index (Phi) is 7.49. The van der Waals surface area contributed by atoms with Crippen LogP contribution in [0.1, 0.15) is 12.1 Å². The molecule has 1 aromatic heterocycles. The second-order valence-electron chi connectivity index (χ2n) is 3.35. The molecule has 0 saturated carbocycles. The highest BCUT2D eigenvalue weighted by Crippen LogP contribution is 1.89. The molecule has 0 aromatic carbocycles. The van der Waals surface area contributed by atoms with E-state index < -0.39 is 0 Å². The first-order valence-electron chi connectivity index (χ1n) is 5.47. The van der Waals surface area contributed by atoms with Crippen LogP contribution in [-0.2, 0) is 16.0 Å². The van der Waals surface area contributed by atoms with Crippen molar-refractivity contribution in [2.75, 3.05) is 33.5 Å². The monoisotopic (exact) mass is 225 g/mol. The van der Waals surface area contributed by atoms with Crippen LogP contribution in [0.2, 0.25) is 0 Å². The van der Waals surface area contributed by atoms with Crippen LogP contribution in [0.3, 0.4) is 0 Å². The van der Waals surface area contributed by atoms with Crippen molar-refractivity contribution >= 4 is 0 Å². The fraction of sp³-hybridized carbons (Fsp3) is 0.636. The summed E-state index contributed by atoms with van der Waals surface area (Å²) < 4.78 is 10.2. The van der Waals surface area contributed by atoms with Crippen molar-refractivity contribution in [3.8, 4) is 0 Å². The first-order chi connectivity index (χ1) is 7.93. The summed E-state index contributed by atoms with van der Waals surface area (Å²) in [5, 5.41) is 11.1. The highest BCUT2D eigenvalue weighted by atomic mass is 16.5. The lowest BCUT2D eigenvalue weighted by Gasteiger charge is -2.04. The van der Waals surface area contributed by atoms with Crippen molar-refractivity contribution in [3.05, 3.63) is 24.0 Å². The lowest BCUT2D eigenvalue weighted by atomic mass is 10.3. The molecule has 0 fully saturated rings. The zero-order valence-electron chi connectivity index (χ0n) is 9.69. The summed E-state index contributed by atoms with van der Waals surface area (Å²) in [5.41, 5.74) is 0.961. The van der Waals surface area contributed by atoms with E-state index in [0.717, 1.165) is 31.8 Å². The van der Waals surface area contributed by atoms with Gasteiger partial charge in [-0.15, -0.1) is 0 Å². The fourth-order valence-electron chi connectivity index (χ4n) is 1.19. The molecule has 0 bridgehead atoms. The van der Waals surface area contributed by atoms with E-state index in [1.54, 1.807) is 13.3 Å². The third-order valence-electron chi connectivity index (χ3n) is 2.01. The molecule has 1 N–H and O–H groups in total. The topological polar surface area (TPSA) is 56.3 Å². The highest BCUT2D eigenvalue weighted by Gasteiger charge is 1.93. The number of hydrogen-bond acceptors (Lipinski definition) is 5. The van der Waals surface area contributed by atoms with E-state index in [1.165, 1.54) is 0 Å². The summed E-state index contributed by atoms with van der Waals surface area (Å²) in [4.78, 5) is 0. The van der Waals surface area contributed by atoms with Crippen LogP contribution in [0.25, 0.3) is 0 Å². The molecule has 90 valence electrons. The molecule has 16 heavy (non-hydrogen) atoms. The van der Waals surface area contributed by atoms with Crippen molar-refractivity contribution < 1.29 is 9.47 Å². The molecular formula is C11H19N3O2. The third-order valence-corrected chi connectivity index (χ3v) is 2.01. The molecule has 5 heteroatoms. The van der Waals surface area contributed by atoms with Gasteiger partial charge in [-0.3, -0.25) is 0 Å². The molecule has 0 atom stereocenters. The maximum atomic E-state index is 5.33. The highest BCUT2D eigenvalue weighted by molar-refractivity contribution is 4.98. The zero-order valence-corrected chi connectivity index (χ0v) is 9.69. The Morgan fingerprint density at radius 3 is 3.00 bits per heavy atom. The molecule has 5 nitrogen and oxygen atoms in total. The predicted octanol–water partition coefficient (Wildman–Crippen LogP) is 0.619. The van der Waals surface area contributed by atoms with Gasteiger partial charge in [-0.1, -0.05) is 0 Å². The minimum atomic E-state index is 0.660. The molecule has 0 aliphatic rings. The van der Waals surface area contributed by atoms with E-state index in [0.29, 0.717) is 13.2 Å². The number of ether oxygens (including phenoxy) is 2. The van der Waals surface area contributed by atoms with Gasteiger partial charge in [0.25, 0.3) is 0 Å². The van der Waals surface area contributed by atoms with Crippen LogP contribution in [0, 0.1) is 0 Å². The average Bonchev–Trinajstić information content (AvgIpc) is 2.34. The van der Waals surface area contributed by atoms with E-state index in [4.69, 9.17) is 9.47 Å².